The number of para-hydroxylation sites is 1. The number of nitrogens with zero attached hydrogens (tertiary/aromatic N) is 2. The van der Waals surface area contributed by atoms with Crippen LogP contribution in [0.4, 0.5) is 0 Å². The fourth-order valence-corrected chi connectivity index (χ4v) is 4.83. The maximum atomic E-state index is 12.5. The van der Waals surface area contributed by atoms with Crippen LogP contribution in [0.15, 0.2) is 97.1 Å². The van der Waals surface area contributed by atoms with E-state index in [1.165, 1.54) is 11.1 Å². The first-order valence-electron chi connectivity index (χ1n) is 13.1. The molecule has 5 nitrogen and oxygen atoms in total. The molecule has 0 spiro atoms. The summed E-state index contributed by atoms with van der Waals surface area (Å²) in [5, 5.41) is 12.4. The van der Waals surface area contributed by atoms with E-state index >= 15 is 0 Å². The van der Waals surface area contributed by atoms with Crippen molar-refractivity contribution in [2.45, 2.75) is 25.8 Å². The van der Waals surface area contributed by atoms with Crippen molar-refractivity contribution in [3.8, 4) is 28.7 Å². The topological polar surface area (TPSA) is 65.4 Å². The van der Waals surface area contributed by atoms with E-state index in [2.05, 4.69) is 40.6 Å². The third kappa shape index (κ3) is 6.29. The molecule has 0 fully saturated rings. The Morgan fingerprint density at radius 1 is 0.868 bits per heavy atom. The van der Waals surface area contributed by atoms with Crippen molar-refractivity contribution in [1.82, 2.24) is 10.2 Å². The molecule has 0 saturated heterocycles. The Bertz CT molecular complexity index is 1430. The summed E-state index contributed by atoms with van der Waals surface area (Å²) >= 11 is 0. The first-order valence-corrected chi connectivity index (χ1v) is 13.1. The molecule has 1 aliphatic rings. The van der Waals surface area contributed by atoms with Crippen LogP contribution in [0.1, 0.15) is 39.9 Å². The van der Waals surface area contributed by atoms with Crippen molar-refractivity contribution in [3.05, 3.63) is 119 Å². The molecule has 0 atom stereocenters. The highest BCUT2D eigenvalue weighted by molar-refractivity contribution is 5.94. The largest absolute Gasteiger partial charge is 0.456 e. The number of ether oxygens (including phenoxy) is 1. The number of hydrogen-bond acceptors (Lipinski definition) is 4. The van der Waals surface area contributed by atoms with Gasteiger partial charge in [-0.3, -0.25) is 9.69 Å². The molecule has 4 aromatic carbocycles. The van der Waals surface area contributed by atoms with E-state index in [1.807, 2.05) is 66.7 Å². The molecule has 1 heterocycles. The number of carbonyl (C=O) groups excluding carboxylic acids is 1. The molecule has 38 heavy (non-hydrogen) atoms. The van der Waals surface area contributed by atoms with Gasteiger partial charge in [0, 0.05) is 25.2 Å². The van der Waals surface area contributed by atoms with Gasteiger partial charge in [0.15, 0.2) is 0 Å². The molecule has 1 aliphatic heterocycles. The number of amides is 1. The maximum Gasteiger partial charge on any atom is 0.251 e. The summed E-state index contributed by atoms with van der Waals surface area (Å²) < 4.78 is 6.02. The second-order valence-corrected chi connectivity index (χ2v) is 9.57. The van der Waals surface area contributed by atoms with Crippen LogP contribution >= 0.6 is 0 Å². The van der Waals surface area contributed by atoms with E-state index < -0.39 is 0 Å². The molecular formula is C33H31N3O2. The minimum atomic E-state index is -0.0259. The average Bonchev–Trinajstić information content (AvgIpc) is 2.97. The normalized spacial score (nSPS) is 12.8. The summed E-state index contributed by atoms with van der Waals surface area (Å²) in [5.41, 5.74) is 6.10. The van der Waals surface area contributed by atoms with Crippen LogP contribution in [0.25, 0.3) is 11.1 Å². The number of unbranched alkanes of at least 4 members (excludes halogenated alkanes) is 1. The van der Waals surface area contributed by atoms with Gasteiger partial charge in [0.25, 0.3) is 5.91 Å². The molecule has 0 unspecified atom stereocenters. The Morgan fingerprint density at radius 3 is 2.45 bits per heavy atom. The number of fused-ring (bicyclic) bond motifs is 1. The van der Waals surface area contributed by atoms with Crippen molar-refractivity contribution in [3.63, 3.8) is 0 Å². The van der Waals surface area contributed by atoms with Crippen LogP contribution in [0.3, 0.4) is 0 Å². The standard InChI is InChI=1S/C33H31N3O2/c34-23-29-10-4-5-11-32(29)38-31-17-16-27-18-21-36(24-30(27)22-31)20-7-6-19-35-33(37)28-14-12-26(13-15-28)25-8-2-1-3-9-25/h1-5,8-17,22H,6-7,18-21,24H2,(H,35,37). The van der Waals surface area contributed by atoms with Gasteiger partial charge in [0.2, 0.25) is 0 Å². The maximum absolute atomic E-state index is 12.5. The van der Waals surface area contributed by atoms with Crippen LogP contribution in [0.2, 0.25) is 0 Å². The zero-order chi connectivity index (χ0) is 26.2. The Morgan fingerprint density at radius 2 is 1.63 bits per heavy atom. The average molecular weight is 502 g/mol. The number of carbonyl (C=O) groups is 1. The number of benzene rings is 4. The predicted molar refractivity (Wildman–Crippen MR) is 150 cm³/mol. The smallest absolute Gasteiger partial charge is 0.251 e. The van der Waals surface area contributed by atoms with Crippen LogP contribution < -0.4 is 10.1 Å². The zero-order valence-corrected chi connectivity index (χ0v) is 21.4. The minimum absolute atomic E-state index is 0.0259. The summed E-state index contributed by atoms with van der Waals surface area (Å²) in [4.78, 5) is 15.0. The van der Waals surface area contributed by atoms with Crippen LogP contribution in [-0.2, 0) is 13.0 Å². The lowest BCUT2D eigenvalue weighted by atomic mass is 9.99. The fourth-order valence-electron chi connectivity index (χ4n) is 4.83. The molecular weight excluding hydrogens is 470 g/mol. The molecule has 5 heteroatoms. The fraction of sp³-hybridized carbons (Fsp3) is 0.212. The van der Waals surface area contributed by atoms with E-state index in [9.17, 15) is 10.1 Å². The van der Waals surface area contributed by atoms with Gasteiger partial charge in [0.05, 0.1) is 5.56 Å². The highest BCUT2D eigenvalue weighted by Crippen LogP contribution is 2.29. The summed E-state index contributed by atoms with van der Waals surface area (Å²) in [5.74, 6) is 1.31. The lowest BCUT2D eigenvalue weighted by Gasteiger charge is -2.29. The molecule has 0 aliphatic carbocycles. The Balaban J connectivity index is 1.06. The van der Waals surface area contributed by atoms with Crippen LogP contribution in [-0.4, -0.2) is 30.4 Å². The molecule has 190 valence electrons. The van der Waals surface area contributed by atoms with E-state index in [4.69, 9.17) is 4.74 Å². The summed E-state index contributed by atoms with van der Waals surface area (Å²) in [6, 6.07) is 33.6. The van der Waals surface area contributed by atoms with Gasteiger partial charge in [-0.05, 0) is 84.5 Å². The first kappa shape index (κ1) is 25.3. The summed E-state index contributed by atoms with van der Waals surface area (Å²) in [6.45, 7) is 3.57. The zero-order valence-electron chi connectivity index (χ0n) is 21.4. The van der Waals surface area contributed by atoms with Gasteiger partial charge >= 0.3 is 0 Å². The highest BCUT2D eigenvalue weighted by Gasteiger charge is 2.17. The minimum Gasteiger partial charge on any atom is -0.456 e. The second-order valence-electron chi connectivity index (χ2n) is 9.57. The van der Waals surface area contributed by atoms with Crippen LogP contribution in [0, 0.1) is 11.3 Å². The summed E-state index contributed by atoms with van der Waals surface area (Å²) in [7, 11) is 0. The summed E-state index contributed by atoms with van der Waals surface area (Å²) in [6.07, 6.45) is 2.97. The monoisotopic (exact) mass is 501 g/mol. The quantitative estimate of drug-likeness (QED) is 0.263. The molecule has 0 bridgehead atoms. The van der Waals surface area contributed by atoms with E-state index in [0.717, 1.165) is 55.8 Å². The Labute approximate surface area is 224 Å². The highest BCUT2D eigenvalue weighted by atomic mass is 16.5. The SMILES string of the molecule is N#Cc1ccccc1Oc1ccc2c(c1)CN(CCCCNC(=O)c1ccc(-c3ccccc3)cc1)CC2. The van der Waals surface area contributed by atoms with E-state index in [1.54, 1.807) is 6.07 Å². The van der Waals surface area contributed by atoms with Gasteiger partial charge in [0.1, 0.15) is 17.6 Å². The third-order valence-electron chi connectivity index (χ3n) is 6.95. The molecule has 0 radical (unpaired) electrons. The first-order chi connectivity index (χ1) is 18.7. The van der Waals surface area contributed by atoms with Gasteiger partial charge in [-0.2, -0.15) is 5.26 Å². The Kier molecular flexibility index (Phi) is 8.13. The molecule has 4 aromatic rings. The number of nitrogens with one attached hydrogen (secondary N) is 1. The predicted octanol–water partition coefficient (Wildman–Crippen LogP) is 6.59. The number of nitriles is 1. The van der Waals surface area contributed by atoms with Gasteiger partial charge in [-0.25, -0.2) is 0 Å². The molecule has 5 rings (SSSR count). The second kappa shape index (κ2) is 12.2. The number of hydrogen-bond donors (Lipinski definition) is 1. The van der Waals surface area contributed by atoms with Crippen molar-refractivity contribution in [2.75, 3.05) is 19.6 Å². The van der Waals surface area contributed by atoms with E-state index in [0.29, 0.717) is 23.4 Å². The van der Waals surface area contributed by atoms with Crippen molar-refractivity contribution < 1.29 is 9.53 Å². The Hall–Kier alpha value is -4.40. The van der Waals surface area contributed by atoms with Crippen LogP contribution in [0.5, 0.6) is 11.5 Å². The molecule has 1 N–H and O–H groups in total. The van der Waals surface area contributed by atoms with Crippen molar-refractivity contribution in [2.24, 2.45) is 0 Å². The molecule has 0 aromatic heterocycles. The van der Waals surface area contributed by atoms with E-state index in [-0.39, 0.29) is 5.91 Å². The van der Waals surface area contributed by atoms with Crippen molar-refractivity contribution in [1.29, 1.82) is 5.26 Å². The lowest BCUT2D eigenvalue weighted by molar-refractivity contribution is 0.0952. The van der Waals surface area contributed by atoms with Crippen molar-refractivity contribution >= 4 is 5.91 Å². The third-order valence-corrected chi connectivity index (χ3v) is 6.95. The van der Waals surface area contributed by atoms with Gasteiger partial charge < -0.3 is 10.1 Å². The van der Waals surface area contributed by atoms with Gasteiger partial charge in [-0.1, -0.05) is 60.7 Å². The molecule has 0 saturated carbocycles. The lowest BCUT2D eigenvalue weighted by Crippen LogP contribution is -2.32. The molecule has 1 amide bonds. The van der Waals surface area contributed by atoms with Gasteiger partial charge in [-0.15, -0.1) is 0 Å². The number of rotatable bonds is 9.